The van der Waals surface area contributed by atoms with Gasteiger partial charge in [0.05, 0.1) is 13.0 Å². The van der Waals surface area contributed by atoms with Gasteiger partial charge < -0.3 is 15.0 Å². The van der Waals surface area contributed by atoms with Gasteiger partial charge in [-0.25, -0.2) is 4.79 Å². The normalized spacial score (nSPS) is 21.6. The summed E-state index contributed by atoms with van der Waals surface area (Å²) in [4.78, 5) is 39.8. The standard InChI is InChI=1S/C21H27ClN2O4/c1-28-20(27)21(11-3-2-4-12-21)23-18(25)16-6-5-13-24(14-16)19(26)15-7-9-17(22)10-8-15/h7-10,16H,2-6,11-14H2,1H3,(H,23,25). The number of ether oxygens (including phenoxy) is 1. The fourth-order valence-electron chi connectivity index (χ4n) is 4.22. The summed E-state index contributed by atoms with van der Waals surface area (Å²) < 4.78 is 4.98. The molecule has 1 unspecified atom stereocenters. The minimum atomic E-state index is -0.924. The molecule has 1 aliphatic carbocycles. The van der Waals surface area contributed by atoms with Crippen molar-refractivity contribution in [3.8, 4) is 0 Å². The molecule has 1 saturated heterocycles. The van der Waals surface area contributed by atoms with Crippen molar-refractivity contribution in [3.63, 3.8) is 0 Å². The Morgan fingerprint density at radius 1 is 1.11 bits per heavy atom. The van der Waals surface area contributed by atoms with Crippen LogP contribution in [0.5, 0.6) is 0 Å². The number of nitrogens with one attached hydrogen (secondary N) is 1. The largest absolute Gasteiger partial charge is 0.467 e. The van der Waals surface area contributed by atoms with Gasteiger partial charge in [0.2, 0.25) is 5.91 Å². The second kappa shape index (κ2) is 8.95. The van der Waals surface area contributed by atoms with E-state index in [1.807, 2.05) is 0 Å². The third kappa shape index (κ3) is 4.49. The minimum Gasteiger partial charge on any atom is -0.467 e. The third-order valence-corrected chi connectivity index (χ3v) is 6.07. The van der Waals surface area contributed by atoms with Crippen molar-refractivity contribution in [2.45, 2.75) is 50.5 Å². The van der Waals surface area contributed by atoms with Crippen molar-refractivity contribution in [2.24, 2.45) is 5.92 Å². The lowest BCUT2D eigenvalue weighted by Gasteiger charge is -2.38. The van der Waals surface area contributed by atoms with Crippen LogP contribution in [0.15, 0.2) is 24.3 Å². The number of carbonyl (C=O) groups is 3. The fraction of sp³-hybridized carbons (Fsp3) is 0.571. The van der Waals surface area contributed by atoms with Crippen LogP contribution in [0.1, 0.15) is 55.3 Å². The summed E-state index contributed by atoms with van der Waals surface area (Å²) in [7, 11) is 1.36. The molecule has 2 aliphatic rings. The lowest BCUT2D eigenvalue weighted by Crippen LogP contribution is -2.58. The van der Waals surface area contributed by atoms with Gasteiger partial charge in [0, 0.05) is 23.7 Å². The second-order valence-electron chi connectivity index (χ2n) is 7.72. The Labute approximate surface area is 170 Å². The van der Waals surface area contributed by atoms with Gasteiger partial charge in [-0.05, 0) is 49.9 Å². The quantitative estimate of drug-likeness (QED) is 0.779. The van der Waals surface area contributed by atoms with E-state index >= 15 is 0 Å². The van der Waals surface area contributed by atoms with E-state index in [2.05, 4.69) is 5.32 Å². The van der Waals surface area contributed by atoms with Gasteiger partial charge >= 0.3 is 5.97 Å². The van der Waals surface area contributed by atoms with Gasteiger partial charge in [-0.15, -0.1) is 0 Å². The number of methoxy groups -OCH3 is 1. The number of benzene rings is 1. The summed E-state index contributed by atoms with van der Waals surface area (Å²) in [6.45, 7) is 0.970. The molecular weight excluding hydrogens is 380 g/mol. The van der Waals surface area contributed by atoms with Crippen LogP contribution in [0, 0.1) is 5.92 Å². The Balaban J connectivity index is 1.67. The highest BCUT2D eigenvalue weighted by atomic mass is 35.5. The molecule has 1 atom stereocenters. The van der Waals surface area contributed by atoms with Crippen LogP contribution < -0.4 is 5.32 Å². The maximum atomic E-state index is 13.0. The first-order chi connectivity index (χ1) is 13.4. The number of amides is 2. The highest BCUT2D eigenvalue weighted by molar-refractivity contribution is 6.30. The van der Waals surface area contributed by atoms with Crippen LogP contribution >= 0.6 is 11.6 Å². The topological polar surface area (TPSA) is 75.7 Å². The molecule has 2 amide bonds. The molecule has 0 spiro atoms. The monoisotopic (exact) mass is 406 g/mol. The van der Waals surface area contributed by atoms with Crippen molar-refractivity contribution in [2.75, 3.05) is 20.2 Å². The molecule has 1 N–H and O–H groups in total. The fourth-order valence-corrected chi connectivity index (χ4v) is 4.35. The van der Waals surface area contributed by atoms with Gasteiger partial charge in [-0.1, -0.05) is 30.9 Å². The Kier molecular flexibility index (Phi) is 6.60. The predicted octanol–water partition coefficient (Wildman–Crippen LogP) is 3.18. The van der Waals surface area contributed by atoms with Crippen LogP contribution in [0.25, 0.3) is 0 Å². The summed E-state index contributed by atoms with van der Waals surface area (Å²) in [6, 6.07) is 6.77. The first-order valence-corrected chi connectivity index (χ1v) is 10.3. The predicted molar refractivity (Wildman–Crippen MR) is 106 cm³/mol. The summed E-state index contributed by atoms with van der Waals surface area (Å²) in [5.74, 6) is -0.964. The van der Waals surface area contributed by atoms with Crippen LogP contribution in [-0.2, 0) is 14.3 Å². The van der Waals surface area contributed by atoms with E-state index in [1.54, 1.807) is 29.2 Å². The molecular formula is C21H27ClN2O4. The lowest BCUT2D eigenvalue weighted by atomic mass is 9.81. The van der Waals surface area contributed by atoms with E-state index in [0.29, 0.717) is 42.9 Å². The molecule has 152 valence electrons. The van der Waals surface area contributed by atoms with Crippen molar-refractivity contribution in [3.05, 3.63) is 34.9 Å². The molecule has 0 radical (unpaired) electrons. The summed E-state index contributed by atoms with van der Waals surface area (Å²) in [5, 5.41) is 3.57. The van der Waals surface area contributed by atoms with E-state index < -0.39 is 5.54 Å². The highest BCUT2D eigenvalue weighted by Crippen LogP contribution is 2.30. The zero-order valence-electron chi connectivity index (χ0n) is 16.2. The van der Waals surface area contributed by atoms with Crippen molar-refractivity contribution in [1.82, 2.24) is 10.2 Å². The molecule has 1 heterocycles. The van der Waals surface area contributed by atoms with E-state index in [-0.39, 0.29) is 23.7 Å². The Bertz CT molecular complexity index is 728. The average Bonchev–Trinajstić information content (AvgIpc) is 2.74. The first kappa shape index (κ1) is 20.6. The van der Waals surface area contributed by atoms with Crippen molar-refractivity contribution < 1.29 is 19.1 Å². The van der Waals surface area contributed by atoms with Crippen LogP contribution in [-0.4, -0.2) is 48.4 Å². The van der Waals surface area contributed by atoms with Crippen LogP contribution in [0.2, 0.25) is 5.02 Å². The first-order valence-electron chi connectivity index (χ1n) is 9.90. The van der Waals surface area contributed by atoms with Gasteiger partial charge in [0.15, 0.2) is 0 Å². The second-order valence-corrected chi connectivity index (χ2v) is 8.16. The molecule has 6 nitrogen and oxygen atoms in total. The van der Waals surface area contributed by atoms with E-state index in [1.165, 1.54) is 7.11 Å². The average molecular weight is 407 g/mol. The summed E-state index contributed by atoms with van der Waals surface area (Å²) in [6.07, 6.45) is 5.50. The number of esters is 1. The number of hydrogen-bond donors (Lipinski definition) is 1. The molecule has 0 aromatic heterocycles. The number of hydrogen-bond acceptors (Lipinski definition) is 4. The minimum absolute atomic E-state index is 0.102. The maximum Gasteiger partial charge on any atom is 0.331 e. The molecule has 1 aromatic rings. The number of halogens is 1. The zero-order chi connectivity index (χ0) is 20.1. The molecule has 3 rings (SSSR count). The van der Waals surface area contributed by atoms with Gasteiger partial charge in [-0.3, -0.25) is 9.59 Å². The molecule has 7 heteroatoms. The van der Waals surface area contributed by atoms with E-state index in [9.17, 15) is 14.4 Å². The Morgan fingerprint density at radius 2 is 1.79 bits per heavy atom. The number of nitrogens with zero attached hydrogens (tertiary/aromatic N) is 1. The van der Waals surface area contributed by atoms with Crippen LogP contribution in [0.3, 0.4) is 0 Å². The SMILES string of the molecule is COC(=O)C1(NC(=O)C2CCCN(C(=O)c3ccc(Cl)cc3)C2)CCCCC1. The maximum absolute atomic E-state index is 13.0. The number of carbonyl (C=O) groups excluding carboxylic acids is 3. The molecule has 0 bridgehead atoms. The number of piperidine rings is 1. The lowest BCUT2D eigenvalue weighted by molar-refractivity contribution is -0.153. The Hall–Kier alpha value is -2.08. The number of rotatable bonds is 4. The molecule has 1 saturated carbocycles. The van der Waals surface area contributed by atoms with Crippen LogP contribution in [0.4, 0.5) is 0 Å². The third-order valence-electron chi connectivity index (χ3n) is 5.82. The van der Waals surface area contributed by atoms with Crippen molar-refractivity contribution >= 4 is 29.4 Å². The smallest absolute Gasteiger partial charge is 0.331 e. The molecule has 2 fully saturated rings. The highest BCUT2D eigenvalue weighted by Gasteiger charge is 2.43. The molecule has 1 aromatic carbocycles. The summed E-state index contributed by atoms with van der Waals surface area (Å²) in [5.41, 5.74) is -0.365. The van der Waals surface area contributed by atoms with Gasteiger partial charge in [-0.2, -0.15) is 0 Å². The number of likely N-dealkylation sites (tertiary alicyclic amines) is 1. The molecule has 28 heavy (non-hydrogen) atoms. The molecule has 1 aliphatic heterocycles. The van der Waals surface area contributed by atoms with E-state index in [0.717, 1.165) is 25.7 Å². The van der Waals surface area contributed by atoms with Crippen molar-refractivity contribution in [1.29, 1.82) is 0 Å². The van der Waals surface area contributed by atoms with Gasteiger partial charge in [0.25, 0.3) is 5.91 Å². The van der Waals surface area contributed by atoms with E-state index in [4.69, 9.17) is 16.3 Å². The zero-order valence-corrected chi connectivity index (χ0v) is 17.0. The Morgan fingerprint density at radius 3 is 2.43 bits per heavy atom. The van der Waals surface area contributed by atoms with Gasteiger partial charge in [0.1, 0.15) is 5.54 Å². The summed E-state index contributed by atoms with van der Waals surface area (Å²) >= 11 is 5.89.